The molecule has 0 spiro atoms. The molecule has 92 valence electrons. The van der Waals surface area contributed by atoms with E-state index in [4.69, 9.17) is 0 Å². The summed E-state index contributed by atoms with van der Waals surface area (Å²) in [6.07, 6.45) is 7.85. The maximum absolute atomic E-state index is 4.22. The van der Waals surface area contributed by atoms with E-state index in [1.165, 1.54) is 27.8 Å². The minimum absolute atomic E-state index is 1.03. The number of aryl methyl sites for hydroxylation is 3. The smallest absolute Gasteiger partial charge is 0.0349 e. The molecule has 1 aromatic carbocycles. The molecule has 1 nitrogen and oxygen atoms in total. The molecular formula is C17H19N. The largest absolute Gasteiger partial charge is 0.264 e. The second-order valence-corrected chi connectivity index (χ2v) is 4.67. The Hall–Kier alpha value is -1.89. The Morgan fingerprint density at radius 3 is 2.61 bits per heavy atom. The van der Waals surface area contributed by atoms with Crippen molar-refractivity contribution < 1.29 is 0 Å². The molecule has 0 aliphatic carbocycles. The lowest BCUT2D eigenvalue weighted by molar-refractivity contribution is 1.00. The van der Waals surface area contributed by atoms with Gasteiger partial charge in [0.05, 0.1) is 0 Å². The van der Waals surface area contributed by atoms with Gasteiger partial charge in [0.15, 0.2) is 0 Å². The molecule has 0 saturated carbocycles. The van der Waals surface area contributed by atoms with Gasteiger partial charge in [0.2, 0.25) is 0 Å². The number of hydrogen-bond donors (Lipinski definition) is 0. The average molecular weight is 237 g/mol. The van der Waals surface area contributed by atoms with Gasteiger partial charge < -0.3 is 0 Å². The molecule has 0 fully saturated rings. The number of aromatic nitrogens is 1. The molecular weight excluding hydrogens is 218 g/mol. The molecule has 0 aliphatic rings. The number of pyridine rings is 1. The predicted molar refractivity (Wildman–Crippen MR) is 77.7 cm³/mol. The van der Waals surface area contributed by atoms with Crippen molar-refractivity contribution in [1.29, 1.82) is 0 Å². The fourth-order valence-electron chi connectivity index (χ4n) is 2.20. The first kappa shape index (κ1) is 12.6. The lowest BCUT2D eigenvalue weighted by Crippen LogP contribution is -1.91. The molecule has 0 unspecified atom stereocenters. The van der Waals surface area contributed by atoms with E-state index in [9.17, 15) is 0 Å². The Balaban J connectivity index is 2.36. The molecule has 0 aliphatic heterocycles. The normalized spacial score (nSPS) is 10.3. The van der Waals surface area contributed by atoms with E-state index in [0.29, 0.717) is 0 Å². The van der Waals surface area contributed by atoms with E-state index in [0.717, 1.165) is 12.8 Å². The van der Waals surface area contributed by atoms with Crippen LogP contribution in [0.3, 0.4) is 0 Å². The average Bonchev–Trinajstić information content (AvgIpc) is 2.38. The van der Waals surface area contributed by atoms with Crippen LogP contribution in [0.1, 0.15) is 23.1 Å². The van der Waals surface area contributed by atoms with Crippen LogP contribution in [0.4, 0.5) is 0 Å². The van der Waals surface area contributed by atoms with E-state index in [1.54, 1.807) is 0 Å². The lowest BCUT2D eigenvalue weighted by Gasteiger charge is -2.10. The first-order chi connectivity index (χ1) is 8.72. The van der Waals surface area contributed by atoms with Crippen LogP contribution in [0.15, 0.2) is 49.3 Å². The lowest BCUT2D eigenvalue weighted by atomic mass is 9.95. The predicted octanol–water partition coefficient (Wildman–Crippen LogP) is 4.48. The summed E-state index contributed by atoms with van der Waals surface area (Å²) < 4.78 is 0. The van der Waals surface area contributed by atoms with Crippen molar-refractivity contribution in [2.45, 2.75) is 26.7 Å². The van der Waals surface area contributed by atoms with E-state index in [-0.39, 0.29) is 0 Å². The summed E-state index contributed by atoms with van der Waals surface area (Å²) in [6, 6.07) is 8.74. The molecule has 0 amide bonds. The summed E-state index contributed by atoms with van der Waals surface area (Å²) in [5.41, 5.74) is 6.46. The van der Waals surface area contributed by atoms with Crippen LogP contribution in [0.5, 0.6) is 0 Å². The number of nitrogens with zero attached hydrogens (tertiary/aromatic N) is 1. The topological polar surface area (TPSA) is 12.9 Å². The van der Waals surface area contributed by atoms with Gasteiger partial charge in [-0.05, 0) is 55.0 Å². The summed E-state index contributed by atoms with van der Waals surface area (Å²) in [5.74, 6) is 0. The van der Waals surface area contributed by atoms with Crippen LogP contribution < -0.4 is 0 Å². The number of rotatable bonds is 4. The van der Waals surface area contributed by atoms with Crippen molar-refractivity contribution in [2.24, 2.45) is 0 Å². The molecule has 0 radical (unpaired) electrons. The number of benzene rings is 1. The van der Waals surface area contributed by atoms with Crippen molar-refractivity contribution in [3.05, 3.63) is 66.0 Å². The molecule has 1 aromatic heterocycles. The van der Waals surface area contributed by atoms with Crippen LogP contribution in [-0.4, -0.2) is 4.98 Å². The molecule has 1 heterocycles. The summed E-state index contributed by atoms with van der Waals surface area (Å²) in [7, 11) is 0. The van der Waals surface area contributed by atoms with Gasteiger partial charge in [-0.2, -0.15) is 0 Å². The SMILES string of the molecule is C=CCCc1ccc(-c2cnccc2C)c(C)c1. The minimum Gasteiger partial charge on any atom is -0.264 e. The highest BCUT2D eigenvalue weighted by molar-refractivity contribution is 5.69. The highest BCUT2D eigenvalue weighted by Crippen LogP contribution is 2.26. The summed E-state index contributed by atoms with van der Waals surface area (Å²) in [5, 5.41) is 0. The van der Waals surface area contributed by atoms with Crippen LogP contribution in [0, 0.1) is 13.8 Å². The van der Waals surface area contributed by atoms with Crippen molar-refractivity contribution in [3.63, 3.8) is 0 Å². The summed E-state index contributed by atoms with van der Waals surface area (Å²) >= 11 is 0. The standard InChI is InChI=1S/C17H19N/c1-4-5-6-15-7-8-16(14(3)11-15)17-12-18-10-9-13(17)2/h4,7-12H,1,5-6H2,2-3H3. The third-order valence-corrected chi connectivity index (χ3v) is 3.26. The fourth-order valence-corrected chi connectivity index (χ4v) is 2.20. The first-order valence-electron chi connectivity index (χ1n) is 6.34. The van der Waals surface area contributed by atoms with Gasteiger partial charge in [0, 0.05) is 18.0 Å². The van der Waals surface area contributed by atoms with Gasteiger partial charge in [-0.1, -0.05) is 24.3 Å². The number of hydrogen-bond acceptors (Lipinski definition) is 1. The van der Waals surface area contributed by atoms with Gasteiger partial charge in [-0.25, -0.2) is 0 Å². The zero-order chi connectivity index (χ0) is 13.0. The third kappa shape index (κ3) is 2.67. The van der Waals surface area contributed by atoms with Gasteiger partial charge >= 0.3 is 0 Å². The quantitative estimate of drug-likeness (QED) is 0.714. The Morgan fingerprint density at radius 2 is 1.94 bits per heavy atom. The summed E-state index contributed by atoms with van der Waals surface area (Å²) in [4.78, 5) is 4.22. The second-order valence-electron chi connectivity index (χ2n) is 4.67. The highest BCUT2D eigenvalue weighted by Gasteiger charge is 2.05. The molecule has 0 atom stereocenters. The second kappa shape index (κ2) is 5.63. The van der Waals surface area contributed by atoms with Gasteiger partial charge in [0.25, 0.3) is 0 Å². The van der Waals surface area contributed by atoms with Crippen molar-refractivity contribution in [3.8, 4) is 11.1 Å². The van der Waals surface area contributed by atoms with E-state index in [1.807, 2.05) is 18.5 Å². The van der Waals surface area contributed by atoms with Gasteiger partial charge in [-0.15, -0.1) is 6.58 Å². The third-order valence-electron chi connectivity index (χ3n) is 3.26. The maximum Gasteiger partial charge on any atom is 0.0349 e. The maximum atomic E-state index is 4.22. The Bertz CT molecular complexity index is 555. The molecule has 0 saturated heterocycles. The van der Waals surface area contributed by atoms with E-state index >= 15 is 0 Å². The van der Waals surface area contributed by atoms with Crippen molar-refractivity contribution in [2.75, 3.05) is 0 Å². The molecule has 1 heteroatoms. The highest BCUT2D eigenvalue weighted by atomic mass is 14.6. The molecule has 0 N–H and O–H groups in total. The van der Waals surface area contributed by atoms with E-state index in [2.05, 4.69) is 49.7 Å². The minimum atomic E-state index is 1.03. The van der Waals surface area contributed by atoms with E-state index < -0.39 is 0 Å². The molecule has 2 rings (SSSR count). The Kier molecular flexibility index (Phi) is 3.93. The van der Waals surface area contributed by atoms with Crippen molar-refractivity contribution >= 4 is 0 Å². The van der Waals surface area contributed by atoms with Crippen LogP contribution in [0.25, 0.3) is 11.1 Å². The van der Waals surface area contributed by atoms with Crippen LogP contribution >= 0.6 is 0 Å². The number of allylic oxidation sites excluding steroid dienone is 1. The Labute approximate surface area is 109 Å². The Morgan fingerprint density at radius 1 is 1.11 bits per heavy atom. The van der Waals surface area contributed by atoms with Crippen molar-refractivity contribution in [1.82, 2.24) is 4.98 Å². The molecule has 2 aromatic rings. The first-order valence-corrected chi connectivity index (χ1v) is 6.34. The van der Waals surface area contributed by atoms with Crippen LogP contribution in [0.2, 0.25) is 0 Å². The summed E-state index contributed by atoms with van der Waals surface area (Å²) in [6.45, 7) is 8.06. The zero-order valence-electron chi connectivity index (χ0n) is 11.1. The zero-order valence-corrected chi connectivity index (χ0v) is 11.1. The van der Waals surface area contributed by atoms with Crippen LogP contribution in [-0.2, 0) is 6.42 Å². The monoisotopic (exact) mass is 237 g/mol. The molecule has 0 bridgehead atoms. The van der Waals surface area contributed by atoms with Gasteiger partial charge in [-0.3, -0.25) is 4.98 Å². The van der Waals surface area contributed by atoms with Gasteiger partial charge in [0.1, 0.15) is 0 Å². The molecule has 18 heavy (non-hydrogen) atoms. The fraction of sp³-hybridized carbons (Fsp3) is 0.235.